The summed E-state index contributed by atoms with van der Waals surface area (Å²) in [7, 11) is 0. The number of azo groups is 2. The molecule has 4 aromatic rings. The van der Waals surface area contributed by atoms with Crippen molar-refractivity contribution in [1.29, 1.82) is 0 Å². The number of hydrogen-bond acceptors (Lipinski definition) is 4. The normalized spacial score (nSPS) is 12.4. The number of benzene rings is 4. The summed E-state index contributed by atoms with van der Waals surface area (Å²) < 4.78 is 0. The van der Waals surface area contributed by atoms with Crippen molar-refractivity contribution < 1.29 is 0 Å². The Morgan fingerprint density at radius 3 is 1.31 bits per heavy atom. The van der Waals surface area contributed by atoms with Crippen LogP contribution in [-0.4, -0.2) is 0 Å². The standard InChI is InChI=1S/C25H20N4/c1-4-10-20(11-5-1)21-16-18-22(19-17-21)25(28-26-23-12-6-2-7-13-23)29-27-24-14-8-3-9-15-24/h1-19,25H. The van der Waals surface area contributed by atoms with E-state index in [-0.39, 0.29) is 0 Å². The number of hydrogen-bond donors (Lipinski definition) is 0. The van der Waals surface area contributed by atoms with Gasteiger partial charge in [0, 0.05) is 5.56 Å². The van der Waals surface area contributed by atoms with Crippen LogP contribution >= 0.6 is 0 Å². The molecule has 4 rings (SSSR count). The lowest BCUT2D eigenvalue weighted by atomic mass is 10.0. The highest BCUT2D eigenvalue weighted by Crippen LogP contribution is 2.27. The molecule has 0 heterocycles. The molecule has 140 valence electrons. The van der Waals surface area contributed by atoms with Gasteiger partial charge in [0.05, 0.1) is 11.4 Å². The van der Waals surface area contributed by atoms with E-state index in [0.29, 0.717) is 0 Å². The van der Waals surface area contributed by atoms with Crippen molar-refractivity contribution in [2.24, 2.45) is 20.5 Å². The van der Waals surface area contributed by atoms with Crippen molar-refractivity contribution in [2.45, 2.75) is 6.17 Å². The van der Waals surface area contributed by atoms with Crippen molar-refractivity contribution in [1.82, 2.24) is 0 Å². The zero-order valence-electron chi connectivity index (χ0n) is 15.8. The second kappa shape index (κ2) is 9.33. The molecule has 0 radical (unpaired) electrons. The first-order valence-electron chi connectivity index (χ1n) is 9.46. The fourth-order valence-electron chi connectivity index (χ4n) is 2.87. The summed E-state index contributed by atoms with van der Waals surface area (Å²) in [5, 5.41) is 17.6. The second-order valence-corrected chi connectivity index (χ2v) is 6.46. The van der Waals surface area contributed by atoms with Crippen LogP contribution in [0.4, 0.5) is 11.4 Å². The zero-order chi connectivity index (χ0) is 19.7. The smallest absolute Gasteiger partial charge is 0.154 e. The van der Waals surface area contributed by atoms with Crippen molar-refractivity contribution in [3.8, 4) is 11.1 Å². The maximum atomic E-state index is 4.45. The van der Waals surface area contributed by atoms with E-state index in [1.807, 2.05) is 91.0 Å². The van der Waals surface area contributed by atoms with E-state index < -0.39 is 6.17 Å². The lowest BCUT2D eigenvalue weighted by Crippen LogP contribution is -1.91. The fourth-order valence-corrected chi connectivity index (χ4v) is 2.87. The Labute approximate surface area is 170 Å². The van der Waals surface area contributed by atoms with Gasteiger partial charge in [-0.05, 0) is 35.4 Å². The van der Waals surface area contributed by atoms with Crippen LogP contribution in [0.5, 0.6) is 0 Å². The molecule has 0 aliphatic rings. The molecule has 0 aromatic heterocycles. The summed E-state index contributed by atoms with van der Waals surface area (Å²) in [4.78, 5) is 0. The first kappa shape index (κ1) is 18.4. The summed E-state index contributed by atoms with van der Waals surface area (Å²) in [5.41, 5.74) is 4.83. The summed E-state index contributed by atoms with van der Waals surface area (Å²) in [6, 6.07) is 37.8. The Kier molecular flexibility index (Phi) is 5.93. The lowest BCUT2D eigenvalue weighted by molar-refractivity contribution is 0.689. The van der Waals surface area contributed by atoms with Crippen molar-refractivity contribution in [2.75, 3.05) is 0 Å². The maximum absolute atomic E-state index is 4.45. The molecular weight excluding hydrogens is 356 g/mol. The molecule has 4 heteroatoms. The third-order valence-corrected chi connectivity index (χ3v) is 4.39. The van der Waals surface area contributed by atoms with Crippen LogP contribution in [0.2, 0.25) is 0 Å². The SMILES string of the molecule is c1ccc(N=NC(N=Nc2ccccc2)c2ccc(-c3ccccc3)cc2)cc1. The van der Waals surface area contributed by atoms with Gasteiger partial charge in [-0.1, -0.05) is 91.0 Å². The molecule has 4 aromatic carbocycles. The van der Waals surface area contributed by atoms with Crippen LogP contribution in [-0.2, 0) is 0 Å². The van der Waals surface area contributed by atoms with Gasteiger partial charge in [-0.2, -0.15) is 20.5 Å². The predicted molar refractivity (Wildman–Crippen MR) is 117 cm³/mol. The Hall–Kier alpha value is -3.92. The number of rotatable bonds is 6. The van der Waals surface area contributed by atoms with E-state index in [0.717, 1.165) is 22.5 Å². The van der Waals surface area contributed by atoms with Gasteiger partial charge in [0.2, 0.25) is 6.17 Å². The van der Waals surface area contributed by atoms with Gasteiger partial charge in [-0.3, -0.25) is 0 Å². The van der Waals surface area contributed by atoms with E-state index >= 15 is 0 Å². The molecule has 4 nitrogen and oxygen atoms in total. The molecule has 0 amide bonds. The van der Waals surface area contributed by atoms with Crippen LogP contribution in [0.3, 0.4) is 0 Å². The minimum absolute atomic E-state index is 0.514. The molecule has 0 N–H and O–H groups in total. The molecule has 0 aliphatic heterocycles. The second-order valence-electron chi connectivity index (χ2n) is 6.46. The molecular formula is C25H20N4. The molecule has 0 atom stereocenters. The minimum atomic E-state index is -0.514. The molecule has 0 spiro atoms. The zero-order valence-corrected chi connectivity index (χ0v) is 15.8. The van der Waals surface area contributed by atoms with Gasteiger partial charge < -0.3 is 0 Å². The Morgan fingerprint density at radius 1 is 0.414 bits per heavy atom. The van der Waals surface area contributed by atoms with Gasteiger partial charge in [-0.15, -0.1) is 0 Å². The first-order chi connectivity index (χ1) is 14.4. The van der Waals surface area contributed by atoms with Crippen molar-refractivity contribution in [3.05, 3.63) is 121 Å². The molecule has 0 saturated heterocycles. The van der Waals surface area contributed by atoms with Crippen LogP contribution in [0, 0.1) is 0 Å². The highest BCUT2D eigenvalue weighted by atomic mass is 15.3. The number of nitrogens with zero attached hydrogens (tertiary/aromatic N) is 4. The fraction of sp³-hybridized carbons (Fsp3) is 0.0400. The molecule has 0 fully saturated rings. The molecule has 29 heavy (non-hydrogen) atoms. The monoisotopic (exact) mass is 376 g/mol. The Balaban J connectivity index is 1.62. The molecule has 0 aliphatic carbocycles. The van der Waals surface area contributed by atoms with Gasteiger partial charge in [0.15, 0.2) is 0 Å². The van der Waals surface area contributed by atoms with Crippen LogP contribution in [0.15, 0.2) is 136 Å². The van der Waals surface area contributed by atoms with Crippen LogP contribution in [0.1, 0.15) is 11.7 Å². The highest BCUT2D eigenvalue weighted by Gasteiger charge is 2.10. The third-order valence-electron chi connectivity index (χ3n) is 4.39. The minimum Gasteiger partial charge on any atom is -0.154 e. The van der Waals surface area contributed by atoms with Gasteiger partial charge in [0.25, 0.3) is 0 Å². The van der Waals surface area contributed by atoms with Gasteiger partial charge in [0.1, 0.15) is 0 Å². The summed E-state index contributed by atoms with van der Waals surface area (Å²) >= 11 is 0. The average Bonchev–Trinajstić information content (AvgIpc) is 2.81. The predicted octanol–water partition coefficient (Wildman–Crippen LogP) is 7.92. The topological polar surface area (TPSA) is 49.4 Å². The molecule has 0 bridgehead atoms. The molecule has 0 saturated carbocycles. The lowest BCUT2D eigenvalue weighted by Gasteiger charge is -2.08. The van der Waals surface area contributed by atoms with E-state index in [9.17, 15) is 0 Å². The van der Waals surface area contributed by atoms with E-state index in [2.05, 4.69) is 44.7 Å². The third kappa shape index (κ3) is 5.08. The Morgan fingerprint density at radius 2 is 0.828 bits per heavy atom. The average molecular weight is 376 g/mol. The molecule has 0 unspecified atom stereocenters. The Bertz CT molecular complexity index is 1020. The highest BCUT2D eigenvalue weighted by molar-refractivity contribution is 5.63. The van der Waals surface area contributed by atoms with Crippen LogP contribution in [0.25, 0.3) is 11.1 Å². The largest absolute Gasteiger partial charge is 0.206 e. The van der Waals surface area contributed by atoms with Crippen molar-refractivity contribution in [3.63, 3.8) is 0 Å². The van der Waals surface area contributed by atoms with Crippen LogP contribution < -0.4 is 0 Å². The van der Waals surface area contributed by atoms with E-state index in [1.54, 1.807) is 0 Å². The summed E-state index contributed by atoms with van der Waals surface area (Å²) in [5.74, 6) is 0. The van der Waals surface area contributed by atoms with Gasteiger partial charge >= 0.3 is 0 Å². The van der Waals surface area contributed by atoms with Crippen molar-refractivity contribution >= 4 is 11.4 Å². The van der Waals surface area contributed by atoms with E-state index in [4.69, 9.17) is 0 Å². The maximum Gasteiger partial charge on any atom is 0.206 e. The summed E-state index contributed by atoms with van der Waals surface area (Å²) in [6.07, 6.45) is -0.514. The summed E-state index contributed by atoms with van der Waals surface area (Å²) in [6.45, 7) is 0. The van der Waals surface area contributed by atoms with E-state index in [1.165, 1.54) is 5.56 Å². The first-order valence-corrected chi connectivity index (χ1v) is 9.46. The quantitative estimate of drug-likeness (QED) is 0.307. The van der Waals surface area contributed by atoms with Gasteiger partial charge in [-0.25, -0.2) is 0 Å².